The van der Waals surface area contributed by atoms with E-state index in [-0.39, 0.29) is 22.2 Å². The number of nitrogens with one attached hydrogen (secondary N) is 1. The third kappa shape index (κ3) is 2.80. The fraction of sp³-hybridized carbons (Fsp3) is 0.0833. The second kappa shape index (κ2) is 5.33. The molecule has 0 atom stereocenters. The molecule has 20 heavy (non-hydrogen) atoms. The Balaban J connectivity index is 2.34. The zero-order valence-corrected chi connectivity index (χ0v) is 11.3. The number of halogens is 1. The van der Waals surface area contributed by atoms with E-state index >= 15 is 0 Å². The first kappa shape index (κ1) is 14.1. The average Bonchev–Trinajstić information content (AvgIpc) is 2.38. The summed E-state index contributed by atoms with van der Waals surface area (Å²) < 4.78 is 44.7. The number of hydrogen-bond acceptors (Lipinski definition) is 5. The zero-order chi connectivity index (χ0) is 14.8. The van der Waals surface area contributed by atoms with Crippen LogP contribution >= 0.6 is 0 Å². The summed E-state index contributed by atoms with van der Waals surface area (Å²) in [7, 11) is -2.61. The van der Waals surface area contributed by atoms with Crippen molar-refractivity contribution in [1.29, 1.82) is 0 Å². The van der Waals surface area contributed by atoms with Crippen molar-refractivity contribution in [3.8, 4) is 5.75 Å². The first-order valence-corrected chi connectivity index (χ1v) is 6.99. The fourth-order valence-corrected chi connectivity index (χ4v) is 2.70. The molecule has 2 aromatic rings. The summed E-state index contributed by atoms with van der Waals surface area (Å²) in [5.74, 6) is -0.783. The number of rotatable bonds is 4. The molecular weight excluding hydrogens is 285 g/mol. The first-order chi connectivity index (χ1) is 9.44. The van der Waals surface area contributed by atoms with Gasteiger partial charge in [0.1, 0.15) is 10.7 Å². The van der Waals surface area contributed by atoms with Crippen molar-refractivity contribution in [3.05, 3.63) is 42.3 Å². The Kier molecular flexibility index (Phi) is 3.75. The lowest BCUT2D eigenvalue weighted by atomic mass is 10.3. The highest BCUT2D eigenvalue weighted by atomic mass is 32.2. The van der Waals surface area contributed by atoms with Crippen LogP contribution < -0.4 is 15.2 Å². The molecule has 0 unspecified atom stereocenters. The molecule has 0 aliphatic heterocycles. The highest BCUT2D eigenvalue weighted by molar-refractivity contribution is 7.92. The second-order valence-corrected chi connectivity index (χ2v) is 5.49. The van der Waals surface area contributed by atoms with Gasteiger partial charge in [-0.2, -0.15) is 0 Å². The summed E-state index contributed by atoms with van der Waals surface area (Å²) in [6, 6.07) is 6.47. The molecule has 3 N–H and O–H groups in total. The maximum Gasteiger partial charge on any atom is 0.265 e. The van der Waals surface area contributed by atoms with E-state index in [1.54, 1.807) is 0 Å². The zero-order valence-electron chi connectivity index (χ0n) is 10.5. The van der Waals surface area contributed by atoms with Gasteiger partial charge in [0.05, 0.1) is 12.8 Å². The maximum atomic E-state index is 13.5. The van der Waals surface area contributed by atoms with Crippen molar-refractivity contribution in [3.63, 3.8) is 0 Å². The van der Waals surface area contributed by atoms with E-state index in [4.69, 9.17) is 10.5 Å². The molecule has 0 aliphatic rings. The third-order valence-corrected chi connectivity index (χ3v) is 3.92. The van der Waals surface area contributed by atoms with E-state index in [9.17, 15) is 12.8 Å². The van der Waals surface area contributed by atoms with E-state index < -0.39 is 15.8 Å². The number of benzene rings is 1. The molecule has 1 aromatic heterocycles. The van der Waals surface area contributed by atoms with Crippen LogP contribution in [0.3, 0.4) is 0 Å². The van der Waals surface area contributed by atoms with Gasteiger partial charge in [0.15, 0.2) is 11.6 Å². The highest BCUT2D eigenvalue weighted by Crippen LogP contribution is 2.24. The number of nitrogens with zero attached hydrogens (tertiary/aromatic N) is 1. The van der Waals surface area contributed by atoms with Crippen molar-refractivity contribution >= 4 is 21.5 Å². The Morgan fingerprint density at radius 3 is 2.70 bits per heavy atom. The largest absolute Gasteiger partial charge is 0.494 e. The molecule has 0 radical (unpaired) electrons. The molecule has 0 fully saturated rings. The standard InChI is InChI=1S/C12H12FN3O3S/c1-19-10-5-4-8(7-9(10)13)16-20(17,18)11-3-2-6-15-12(11)14/h2-7,16H,1H3,(H2,14,15). The number of hydrogen-bond donors (Lipinski definition) is 2. The molecule has 6 nitrogen and oxygen atoms in total. The van der Waals surface area contributed by atoms with Gasteiger partial charge in [-0.25, -0.2) is 17.8 Å². The van der Waals surface area contributed by atoms with Gasteiger partial charge in [-0.15, -0.1) is 0 Å². The lowest BCUT2D eigenvalue weighted by molar-refractivity contribution is 0.386. The maximum absolute atomic E-state index is 13.5. The van der Waals surface area contributed by atoms with Crippen LogP contribution in [0.2, 0.25) is 0 Å². The van der Waals surface area contributed by atoms with Crippen LogP contribution in [0.4, 0.5) is 15.9 Å². The van der Waals surface area contributed by atoms with E-state index in [2.05, 4.69) is 9.71 Å². The number of aromatic nitrogens is 1. The lowest BCUT2D eigenvalue weighted by Crippen LogP contribution is -2.15. The molecule has 0 aliphatic carbocycles. The molecule has 8 heteroatoms. The number of pyridine rings is 1. The molecule has 106 valence electrons. The summed E-state index contributed by atoms with van der Waals surface area (Å²) in [4.78, 5) is 3.53. The van der Waals surface area contributed by atoms with E-state index in [0.29, 0.717) is 0 Å². The third-order valence-electron chi connectivity index (χ3n) is 2.49. The number of methoxy groups -OCH3 is 1. The fourth-order valence-electron chi connectivity index (χ4n) is 1.57. The van der Waals surface area contributed by atoms with Crippen molar-refractivity contribution in [2.24, 2.45) is 0 Å². The minimum Gasteiger partial charge on any atom is -0.494 e. The van der Waals surface area contributed by atoms with E-state index in [0.717, 1.165) is 6.07 Å². The van der Waals surface area contributed by atoms with Gasteiger partial charge in [0.2, 0.25) is 0 Å². The van der Waals surface area contributed by atoms with Crippen molar-refractivity contribution < 1.29 is 17.5 Å². The monoisotopic (exact) mass is 297 g/mol. The van der Waals surface area contributed by atoms with Crippen LogP contribution in [-0.4, -0.2) is 20.5 Å². The summed E-state index contributed by atoms with van der Waals surface area (Å²) in [5.41, 5.74) is 5.57. The molecule has 1 aromatic carbocycles. The van der Waals surface area contributed by atoms with Crippen LogP contribution in [0.25, 0.3) is 0 Å². The van der Waals surface area contributed by atoms with Gasteiger partial charge in [-0.1, -0.05) is 0 Å². The molecule has 0 amide bonds. The molecule has 2 rings (SSSR count). The van der Waals surface area contributed by atoms with Crippen LogP contribution in [0.1, 0.15) is 0 Å². The summed E-state index contributed by atoms with van der Waals surface area (Å²) in [6.07, 6.45) is 1.38. The molecule has 1 heterocycles. The second-order valence-electron chi connectivity index (χ2n) is 3.84. The predicted molar refractivity (Wildman–Crippen MR) is 72.4 cm³/mol. The molecule has 0 saturated carbocycles. The summed E-state index contributed by atoms with van der Waals surface area (Å²) >= 11 is 0. The lowest BCUT2D eigenvalue weighted by Gasteiger charge is -2.10. The Hall–Kier alpha value is -2.35. The van der Waals surface area contributed by atoms with E-state index in [1.807, 2.05) is 0 Å². The van der Waals surface area contributed by atoms with E-state index in [1.165, 1.54) is 37.6 Å². The number of nitrogen functional groups attached to an aromatic ring is 1. The smallest absolute Gasteiger partial charge is 0.265 e. The van der Waals surface area contributed by atoms with Gasteiger partial charge in [0.25, 0.3) is 10.0 Å². The van der Waals surface area contributed by atoms with Crippen molar-refractivity contribution in [2.45, 2.75) is 4.90 Å². The summed E-state index contributed by atoms with van der Waals surface area (Å²) in [6.45, 7) is 0. The first-order valence-electron chi connectivity index (χ1n) is 5.51. The van der Waals surface area contributed by atoms with Gasteiger partial charge >= 0.3 is 0 Å². The average molecular weight is 297 g/mol. The van der Waals surface area contributed by atoms with Gasteiger partial charge in [-0.3, -0.25) is 4.72 Å². The van der Waals surface area contributed by atoms with Crippen molar-refractivity contribution in [2.75, 3.05) is 17.6 Å². The predicted octanol–water partition coefficient (Wildman–Crippen LogP) is 1.61. The number of sulfonamides is 1. The Morgan fingerprint density at radius 2 is 2.10 bits per heavy atom. The van der Waals surface area contributed by atoms with Gasteiger partial charge in [0, 0.05) is 12.3 Å². The Labute approximate surface area is 115 Å². The minimum absolute atomic E-state index is 0.0221. The molecule has 0 bridgehead atoms. The number of ether oxygens (including phenoxy) is 1. The van der Waals surface area contributed by atoms with Crippen LogP contribution in [0, 0.1) is 5.82 Å². The topological polar surface area (TPSA) is 94.3 Å². The van der Waals surface area contributed by atoms with Crippen molar-refractivity contribution in [1.82, 2.24) is 4.98 Å². The Morgan fingerprint density at radius 1 is 1.35 bits per heavy atom. The minimum atomic E-state index is -3.93. The molecular formula is C12H12FN3O3S. The summed E-state index contributed by atoms with van der Waals surface area (Å²) in [5, 5.41) is 0. The highest BCUT2D eigenvalue weighted by Gasteiger charge is 2.18. The van der Waals surface area contributed by atoms with Crippen LogP contribution in [-0.2, 0) is 10.0 Å². The molecule has 0 saturated heterocycles. The SMILES string of the molecule is COc1ccc(NS(=O)(=O)c2cccnc2N)cc1F. The molecule has 0 spiro atoms. The van der Waals surface area contributed by atoms with Crippen LogP contribution in [0.5, 0.6) is 5.75 Å². The number of nitrogens with two attached hydrogens (primary N) is 1. The van der Waals surface area contributed by atoms with Crippen LogP contribution in [0.15, 0.2) is 41.4 Å². The number of anilines is 2. The Bertz CT molecular complexity index is 734. The normalized spacial score (nSPS) is 11.1. The van der Waals surface area contributed by atoms with Gasteiger partial charge < -0.3 is 10.5 Å². The van der Waals surface area contributed by atoms with Gasteiger partial charge in [-0.05, 0) is 24.3 Å². The quantitative estimate of drug-likeness (QED) is 0.894.